The van der Waals surface area contributed by atoms with Gasteiger partial charge in [-0.05, 0) is 53.4 Å². The second-order valence-electron chi connectivity index (χ2n) is 9.05. The lowest BCUT2D eigenvalue weighted by atomic mass is 9.82. The Hall–Kier alpha value is -0.845. The number of piperidine rings is 1. The van der Waals surface area contributed by atoms with Crippen molar-refractivity contribution in [3.05, 3.63) is 12.4 Å². The zero-order chi connectivity index (χ0) is 17.7. The molecule has 25 heavy (non-hydrogen) atoms. The minimum atomic E-state index is -0.308. The van der Waals surface area contributed by atoms with Gasteiger partial charge >= 0.3 is 7.12 Å². The molecule has 138 valence electrons. The van der Waals surface area contributed by atoms with Crippen molar-refractivity contribution < 1.29 is 9.31 Å². The monoisotopic (exact) mass is 345 g/mol. The molecule has 0 atom stereocenters. The van der Waals surface area contributed by atoms with E-state index < -0.39 is 0 Å². The van der Waals surface area contributed by atoms with Crippen LogP contribution in [0.15, 0.2) is 12.4 Å². The number of hydrogen-bond acceptors (Lipinski definition) is 4. The first-order valence-corrected chi connectivity index (χ1v) is 9.99. The van der Waals surface area contributed by atoms with E-state index in [-0.39, 0.29) is 18.3 Å². The Morgan fingerprint density at radius 2 is 1.56 bits per heavy atom. The quantitative estimate of drug-likeness (QED) is 0.790. The number of likely N-dealkylation sites (tertiary alicyclic amines) is 1. The summed E-state index contributed by atoms with van der Waals surface area (Å²) < 4.78 is 14.4. The van der Waals surface area contributed by atoms with Gasteiger partial charge in [0.05, 0.1) is 17.2 Å². The van der Waals surface area contributed by atoms with E-state index in [9.17, 15) is 0 Å². The summed E-state index contributed by atoms with van der Waals surface area (Å²) in [6, 6.07) is 1.35. The molecule has 0 aromatic carbocycles. The predicted molar refractivity (Wildman–Crippen MR) is 100 cm³/mol. The third kappa shape index (κ3) is 3.29. The molecule has 1 aromatic heterocycles. The van der Waals surface area contributed by atoms with Crippen LogP contribution in [0.4, 0.5) is 0 Å². The largest absolute Gasteiger partial charge is 0.498 e. The van der Waals surface area contributed by atoms with Gasteiger partial charge in [-0.3, -0.25) is 4.68 Å². The maximum Gasteiger partial charge on any atom is 0.498 e. The maximum atomic E-state index is 6.15. The Kier molecular flexibility index (Phi) is 4.49. The van der Waals surface area contributed by atoms with Gasteiger partial charge in [-0.15, -0.1) is 0 Å². The molecule has 1 aliphatic carbocycles. The zero-order valence-electron chi connectivity index (χ0n) is 16.2. The Morgan fingerprint density at radius 1 is 0.960 bits per heavy atom. The first-order valence-electron chi connectivity index (χ1n) is 9.99. The Balaban J connectivity index is 1.38. The molecular weight excluding hydrogens is 313 g/mol. The predicted octanol–water partition coefficient (Wildman–Crippen LogP) is 2.76. The van der Waals surface area contributed by atoms with Gasteiger partial charge in [-0.25, -0.2) is 0 Å². The highest BCUT2D eigenvalue weighted by Gasteiger charge is 2.52. The summed E-state index contributed by atoms with van der Waals surface area (Å²) in [4.78, 5) is 2.71. The zero-order valence-corrected chi connectivity index (χ0v) is 16.2. The molecule has 0 N–H and O–H groups in total. The molecule has 3 aliphatic rings. The minimum absolute atomic E-state index is 0.299. The van der Waals surface area contributed by atoms with Crippen LogP contribution in [-0.2, 0) is 9.31 Å². The molecule has 0 radical (unpaired) electrons. The molecule has 0 spiro atoms. The van der Waals surface area contributed by atoms with E-state index in [1.165, 1.54) is 51.6 Å². The smallest absolute Gasteiger partial charge is 0.399 e. The summed E-state index contributed by atoms with van der Waals surface area (Å²) in [7, 11) is -0.308. The minimum Gasteiger partial charge on any atom is -0.399 e. The van der Waals surface area contributed by atoms with E-state index in [4.69, 9.17) is 9.31 Å². The van der Waals surface area contributed by atoms with Crippen LogP contribution in [0, 0.1) is 0 Å². The van der Waals surface area contributed by atoms with Gasteiger partial charge in [-0.1, -0.05) is 12.8 Å². The molecule has 0 unspecified atom stereocenters. The normalized spacial score (nSPS) is 28.1. The summed E-state index contributed by atoms with van der Waals surface area (Å²) >= 11 is 0. The Bertz CT molecular complexity index is 586. The molecule has 1 aromatic rings. The van der Waals surface area contributed by atoms with E-state index in [1.54, 1.807) is 0 Å². The molecule has 2 saturated heterocycles. The SMILES string of the molecule is CC1(C)OB(c2cnn(C3CCN(C4CCCC4)CC3)c2)OC1(C)C. The van der Waals surface area contributed by atoms with Crippen LogP contribution < -0.4 is 5.46 Å². The molecule has 3 fully saturated rings. The lowest BCUT2D eigenvalue weighted by molar-refractivity contribution is 0.00578. The van der Waals surface area contributed by atoms with Crippen molar-refractivity contribution in [2.24, 2.45) is 0 Å². The molecule has 5 nitrogen and oxygen atoms in total. The molecule has 4 rings (SSSR count). The van der Waals surface area contributed by atoms with Crippen molar-refractivity contribution in [3.63, 3.8) is 0 Å². The fourth-order valence-corrected chi connectivity index (χ4v) is 4.44. The first kappa shape index (κ1) is 17.6. The van der Waals surface area contributed by atoms with Crippen LogP contribution in [0.25, 0.3) is 0 Å². The van der Waals surface area contributed by atoms with Crippen LogP contribution in [0.3, 0.4) is 0 Å². The van der Waals surface area contributed by atoms with E-state index >= 15 is 0 Å². The highest BCUT2D eigenvalue weighted by atomic mass is 16.7. The third-order valence-electron chi connectivity index (χ3n) is 6.86. The fraction of sp³-hybridized carbons (Fsp3) is 0.842. The lowest BCUT2D eigenvalue weighted by Crippen LogP contribution is -2.41. The van der Waals surface area contributed by atoms with E-state index in [1.807, 2.05) is 6.20 Å². The molecule has 2 aliphatic heterocycles. The van der Waals surface area contributed by atoms with Crippen LogP contribution in [0.2, 0.25) is 0 Å². The summed E-state index contributed by atoms with van der Waals surface area (Å²) in [5.41, 5.74) is 0.440. The average Bonchev–Trinajstić information content (AvgIpc) is 3.28. The molecule has 0 amide bonds. The van der Waals surface area contributed by atoms with Gasteiger partial charge in [0, 0.05) is 37.0 Å². The number of hydrogen-bond donors (Lipinski definition) is 0. The van der Waals surface area contributed by atoms with Crippen molar-refractivity contribution in [2.45, 2.75) is 89.5 Å². The van der Waals surface area contributed by atoms with Crippen LogP contribution in [0.5, 0.6) is 0 Å². The summed E-state index contributed by atoms with van der Waals surface area (Å²) in [6.07, 6.45) is 12.1. The highest BCUT2D eigenvalue weighted by Crippen LogP contribution is 2.36. The summed E-state index contributed by atoms with van der Waals surface area (Å²) in [5, 5.41) is 4.64. The van der Waals surface area contributed by atoms with Crippen molar-refractivity contribution in [1.29, 1.82) is 0 Å². The van der Waals surface area contributed by atoms with E-state index in [2.05, 4.69) is 48.6 Å². The van der Waals surface area contributed by atoms with E-state index in [0.717, 1.165) is 11.5 Å². The van der Waals surface area contributed by atoms with Crippen LogP contribution >= 0.6 is 0 Å². The third-order valence-corrected chi connectivity index (χ3v) is 6.86. The molecular formula is C19H32BN3O2. The van der Waals surface area contributed by atoms with Gasteiger partial charge in [-0.2, -0.15) is 5.10 Å². The van der Waals surface area contributed by atoms with Crippen molar-refractivity contribution in [3.8, 4) is 0 Å². The van der Waals surface area contributed by atoms with Gasteiger partial charge in [0.25, 0.3) is 0 Å². The van der Waals surface area contributed by atoms with Crippen LogP contribution in [0.1, 0.15) is 72.3 Å². The van der Waals surface area contributed by atoms with Gasteiger partial charge < -0.3 is 14.2 Å². The molecule has 0 bridgehead atoms. The highest BCUT2D eigenvalue weighted by molar-refractivity contribution is 6.62. The topological polar surface area (TPSA) is 39.5 Å². The van der Waals surface area contributed by atoms with Gasteiger partial charge in [0.1, 0.15) is 0 Å². The number of nitrogens with zero attached hydrogens (tertiary/aromatic N) is 3. The second kappa shape index (κ2) is 6.40. The van der Waals surface area contributed by atoms with Crippen LogP contribution in [-0.4, -0.2) is 52.1 Å². The Labute approximate surface area is 152 Å². The van der Waals surface area contributed by atoms with Gasteiger partial charge in [0.15, 0.2) is 0 Å². The molecule has 1 saturated carbocycles. The molecule has 3 heterocycles. The molecule has 6 heteroatoms. The van der Waals surface area contributed by atoms with Crippen molar-refractivity contribution in [1.82, 2.24) is 14.7 Å². The average molecular weight is 345 g/mol. The Morgan fingerprint density at radius 3 is 2.16 bits per heavy atom. The summed E-state index contributed by atoms with van der Waals surface area (Å²) in [5.74, 6) is 0. The van der Waals surface area contributed by atoms with E-state index in [0.29, 0.717) is 6.04 Å². The van der Waals surface area contributed by atoms with Crippen molar-refractivity contribution >= 4 is 12.6 Å². The number of rotatable bonds is 3. The maximum absolute atomic E-state index is 6.15. The number of aromatic nitrogens is 2. The lowest BCUT2D eigenvalue weighted by Gasteiger charge is -2.36. The first-order chi connectivity index (χ1) is 11.9. The standard InChI is InChI=1S/C19H32BN3O2/c1-18(2)19(3,4)25-20(24-18)15-13-21-23(14-15)17-9-11-22(12-10-17)16-7-5-6-8-16/h13-14,16-17H,5-12H2,1-4H3. The van der Waals surface area contributed by atoms with Gasteiger partial charge in [0.2, 0.25) is 0 Å². The summed E-state index contributed by atoms with van der Waals surface area (Å²) in [6.45, 7) is 10.8. The fourth-order valence-electron chi connectivity index (χ4n) is 4.44. The second-order valence-corrected chi connectivity index (χ2v) is 9.05. The van der Waals surface area contributed by atoms with Crippen molar-refractivity contribution in [2.75, 3.05) is 13.1 Å².